The fourth-order valence-electron chi connectivity index (χ4n) is 9.88. The van der Waals surface area contributed by atoms with Crippen molar-refractivity contribution < 1.29 is 0 Å². The van der Waals surface area contributed by atoms with E-state index in [0.717, 1.165) is 49.7 Å². The summed E-state index contributed by atoms with van der Waals surface area (Å²) in [6, 6.07) is 75.8. The van der Waals surface area contributed by atoms with Gasteiger partial charge in [0.1, 0.15) is 0 Å². The lowest BCUT2D eigenvalue weighted by molar-refractivity contribution is 0.953. The molecule has 13 rings (SSSR count). The average molecular weight is 790 g/mol. The maximum atomic E-state index is 5.24. The van der Waals surface area contributed by atoms with E-state index in [9.17, 15) is 0 Å². The smallest absolute Gasteiger partial charge is 0.238 e. The number of para-hydroxylation sites is 3. The summed E-state index contributed by atoms with van der Waals surface area (Å²) in [5.41, 5.74) is 9.65. The second-order valence-electron chi connectivity index (χ2n) is 15.9. The Balaban J connectivity index is 1.12. The zero-order chi connectivity index (χ0) is 40.7. The first kappa shape index (κ1) is 34.5. The maximum absolute atomic E-state index is 5.24. The molecule has 0 aliphatic carbocycles. The van der Waals surface area contributed by atoms with E-state index in [1.165, 1.54) is 54.2 Å². The monoisotopic (exact) mass is 789 g/mol. The normalized spacial score (nSPS) is 11.9. The number of hydrogen-bond donors (Lipinski definition) is 0. The van der Waals surface area contributed by atoms with Crippen LogP contribution in [0.4, 0.5) is 0 Å². The van der Waals surface area contributed by atoms with Gasteiger partial charge in [-0.25, -0.2) is 4.98 Å². The van der Waals surface area contributed by atoms with Crippen molar-refractivity contribution in [2.75, 3.05) is 0 Å². The van der Waals surface area contributed by atoms with E-state index in [2.05, 4.69) is 185 Å². The Labute approximate surface area is 356 Å². The summed E-state index contributed by atoms with van der Waals surface area (Å²) in [5.74, 6) is 1.82. The zero-order valence-corrected chi connectivity index (χ0v) is 33.4. The number of fused-ring (bicyclic) bond motifs is 12. The lowest BCUT2D eigenvalue weighted by Crippen LogP contribution is -2.06. The molecule has 5 heteroatoms. The predicted octanol–water partition coefficient (Wildman–Crippen LogP) is 14.5. The van der Waals surface area contributed by atoms with Crippen LogP contribution in [0, 0.1) is 0 Å². The van der Waals surface area contributed by atoms with Crippen molar-refractivity contribution in [1.82, 2.24) is 24.1 Å². The second-order valence-corrected chi connectivity index (χ2v) is 15.9. The molecule has 0 aliphatic heterocycles. The van der Waals surface area contributed by atoms with E-state index in [0.29, 0.717) is 17.6 Å². The van der Waals surface area contributed by atoms with Gasteiger partial charge in [-0.15, -0.1) is 0 Å². The molecular formula is C57H35N5. The summed E-state index contributed by atoms with van der Waals surface area (Å²) < 4.78 is 4.68. The molecule has 0 aliphatic rings. The van der Waals surface area contributed by atoms with Crippen molar-refractivity contribution in [2.24, 2.45) is 0 Å². The third kappa shape index (κ3) is 5.12. The van der Waals surface area contributed by atoms with Gasteiger partial charge in [0.15, 0.2) is 11.6 Å². The van der Waals surface area contributed by atoms with E-state index in [1.54, 1.807) is 0 Å². The first-order chi connectivity index (χ1) is 30.8. The van der Waals surface area contributed by atoms with Crippen molar-refractivity contribution in [3.05, 3.63) is 212 Å². The molecule has 0 radical (unpaired) electrons. The van der Waals surface area contributed by atoms with Gasteiger partial charge >= 0.3 is 0 Å². The molecule has 0 atom stereocenters. The Hall–Kier alpha value is -8.41. The van der Waals surface area contributed by atoms with Gasteiger partial charge in [-0.05, 0) is 68.2 Å². The van der Waals surface area contributed by atoms with Crippen LogP contribution in [0.3, 0.4) is 0 Å². The number of aromatic nitrogens is 5. The molecule has 0 amide bonds. The Morgan fingerprint density at radius 3 is 1.32 bits per heavy atom. The SMILES string of the molecule is c1ccc(-c2nc(-c3ccccc3)nc(-n3c4ccccc4c4cc5c6ccccc6n(-c6ccccc6-c6cccc7c8ccccc8c8ccccc8c67)c5cc43)n2)cc1. The highest BCUT2D eigenvalue weighted by molar-refractivity contribution is 6.29. The molecule has 0 saturated heterocycles. The average Bonchev–Trinajstić information content (AvgIpc) is 3.85. The van der Waals surface area contributed by atoms with Crippen LogP contribution in [0.2, 0.25) is 0 Å². The summed E-state index contributed by atoms with van der Waals surface area (Å²) in [6.07, 6.45) is 0. The molecule has 10 aromatic carbocycles. The molecule has 3 heterocycles. The quantitative estimate of drug-likeness (QED) is 0.163. The van der Waals surface area contributed by atoms with E-state index in [1.807, 2.05) is 36.4 Å². The van der Waals surface area contributed by atoms with Crippen LogP contribution in [0.25, 0.3) is 121 Å². The van der Waals surface area contributed by atoms with Crippen LogP contribution >= 0.6 is 0 Å². The Morgan fingerprint density at radius 2 is 0.710 bits per heavy atom. The van der Waals surface area contributed by atoms with Gasteiger partial charge < -0.3 is 4.57 Å². The molecule has 0 unspecified atom stereocenters. The molecule has 13 aromatic rings. The highest BCUT2D eigenvalue weighted by Crippen LogP contribution is 2.44. The molecule has 0 fully saturated rings. The fraction of sp³-hybridized carbons (Fsp3) is 0. The molecule has 0 saturated carbocycles. The van der Waals surface area contributed by atoms with Gasteiger partial charge in [-0.2, -0.15) is 9.97 Å². The fourth-order valence-corrected chi connectivity index (χ4v) is 9.88. The highest BCUT2D eigenvalue weighted by atomic mass is 15.2. The highest BCUT2D eigenvalue weighted by Gasteiger charge is 2.23. The molecule has 62 heavy (non-hydrogen) atoms. The van der Waals surface area contributed by atoms with E-state index >= 15 is 0 Å². The van der Waals surface area contributed by atoms with Crippen LogP contribution in [-0.2, 0) is 0 Å². The van der Waals surface area contributed by atoms with Crippen molar-refractivity contribution in [3.8, 4) is 45.5 Å². The minimum Gasteiger partial charge on any atom is -0.309 e. The summed E-state index contributed by atoms with van der Waals surface area (Å²) in [7, 11) is 0. The van der Waals surface area contributed by atoms with Gasteiger partial charge in [-0.1, -0.05) is 182 Å². The standard InChI is InChI=1S/C57H35N5/c1-3-18-36(19-4-1)55-58-56(37-20-5-2-6-21-37)60-57(59-55)62-51-33-16-13-27-43(51)48-34-47-42-26-12-15-32-50(42)61(52(47)35-53(48)62)49-31-14-11-25-41(49)46-30-17-29-45-40-23-8-7-22-38(40)39-24-9-10-28-44(39)54(45)46/h1-35H. The Bertz CT molecular complexity index is 3820. The maximum Gasteiger partial charge on any atom is 0.238 e. The minimum atomic E-state index is 0.571. The Kier molecular flexibility index (Phi) is 7.54. The van der Waals surface area contributed by atoms with Crippen molar-refractivity contribution in [2.45, 2.75) is 0 Å². The molecule has 0 bridgehead atoms. The van der Waals surface area contributed by atoms with Gasteiger partial charge in [0.05, 0.1) is 27.8 Å². The van der Waals surface area contributed by atoms with Crippen LogP contribution < -0.4 is 0 Å². The van der Waals surface area contributed by atoms with Crippen LogP contribution in [-0.4, -0.2) is 24.1 Å². The number of rotatable bonds is 5. The third-order valence-electron chi connectivity index (χ3n) is 12.6. The number of hydrogen-bond acceptors (Lipinski definition) is 3. The van der Waals surface area contributed by atoms with Crippen molar-refractivity contribution in [3.63, 3.8) is 0 Å². The first-order valence-electron chi connectivity index (χ1n) is 21.0. The molecule has 0 N–H and O–H groups in total. The lowest BCUT2D eigenvalue weighted by atomic mass is 9.89. The molecular weight excluding hydrogens is 755 g/mol. The summed E-state index contributed by atoms with van der Waals surface area (Å²) in [5, 5.41) is 12.2. The zero-order valence-electron chi connectivity index (χ0n) is 33.4. The topological polar surface area (TPSA) is 48.5 Å². The lowest BCUT2D eigenvalue weighted by Gasteiger charge is -2.18. The largest absolute Gasteiger partial charge is 0.309 e. The van der Waals surface area contributed by atoms with E-state index in [4.69, 9.17) is 15.0 Å². The minimum absolute atomic E-state index is 0.571. The predicted molar refractivity (Wildman–Crippen MR) is 257 cm³/mol. The third-order valence-corrected chi connectivity index (χ3v) is 12.6. The van der Waals surface area contributed by atoms with E-state index in [-0.39, 0.29) is 0 Å². The summed E-state index contributed by atoms with van der Waals surface area (Å²) in [6.45, 7) is 0. The van der Waals surface area contributed by atoms with E-state index < -0.39 is 0 Å². The van der Waals surface area contributed by atoms with Gasteiger partial charge in [0.2, 0.25) is 5.95 Å². The van der Waals surface area contributed by atoms with Crippen molar-refractivity contribution >= 4 is 75.9 Å². The van der Waals surface area contributed by atoms with Crippen LogP contribution in [0.5, 0.6) is 0 Å². The molecule has 0 spiro atoms. The van der Waals surface area contributed by atoms with Gasteiger partial charge in [-0.3, -0.25) is 4.57 Å². The Morgan fingerprint density at radius 1 is 0.274 bits per heavy atom. The first-order valence-corrected chi connectivity index (χ1v) is 21.0. The number of nitrogens with zero attached hydrogens (tertiary/aromatic N) is 5. The van der Waals surface area contributed by atoms with Crippen LogP contribution in [0.15, 0.2) is 212 Å². The summed E-state index contributed by atoms with van der Waals surface area (Å²) >= 11 is 0. The molecule has 5 nitrogen and oxygen atoms in total. The van der Waals surface area contributed by atoms with Gasteiger partial charge in [0.25, 0.3) is 0 Å². The number of benzene rings is 10. The van der Waals surface area contributed by atoms with Gasteiger partial charge in [0, 0.05) is 38.2 Å². The molecule has 3 aromatic heterocycles. The molecule has 288 valence electrons. The van der Waals surface area contributed by atoms with Crippen molar-refractivity contribution in [1.29, 1.82) is 0 Å². The second kappa shape index (κ2) is 13.6. The summed E-state index contributed by atoms with van der Waals surface area (Å²) in [4.78, 5) is 15.5. The van der Waals surface area contributed by atoms with Crippen LogP contribution in [0.1, 0.15) is 0 Å².